The molecule has 9 aromatic rings. The molecule has 0 saturated carbocycles. The molecule has 0 unspecified atom stereocenters. The van der Waals surface area contributed by atoms with Crippen LogP contribution in [-0.4, -0.2) is 9.55 Å². The first-order valence-corrected chi connectivity index (χ1v) is 22.6. The van der Waals surface area contributed by atoms with E-state index >= 15 is 0 Å². The number of anilines is 4. The maximum absolute atomic E-state index is 6.69. The molecule has 66 heavy (non-hydrogen) atoms. The fraction of sp³-hybridized carbons (Fsp3) is 0.200. The Kier molecular flexibility index (Phi) is 11.6. The van der Waals surface area contributed by atoms with Crippen molar-refractivity contribution in [2.24, 2.45) is 0 Å². The van der Waals surface area contributed by atoms with Crippen molar-refractivity contribution < 1.29 is 25.8 Å². The van der Waals surface area contributed by atoms with Gasteiger partial charge in [0.25, 0.3) is 0 Å². The first-order valence-electron chi connectivity index (χ1n) is 22.6. The quantitative estimate of drug-likeness (QED) is 0.135. The van der Waals surface area contributed by atoms with E-state index < -0.39 is 0 Å². The van der Waals surface area contributed by atoms with Gasteiger partial charge in [0.2, 0.25) is 0 Å². The summed E-state index contributed by atoms with van der Waals surface area (Å²) < 4.78 is 8.88. The molecule has 1 aliphatic rings. The average molecular weight is 1040 g/mol. The Hall–Kier alpha value is -6.42. The van der Waals surface area contributed by atoms with Gasteiger partial charge in [-0.1, -0.05) is 139 Å². The Morgan fingerprint density at radius 1 is 0.515 bits per heavy atom. The van der Waals surface area contributed by atoms with Gasteiger partial charge in [-0.25, -0.2) is 4.98 Å². The number of pyridine rings is 1. The van der Waals surface area contributed by atoms with Crippen molar-refractivity contribution >= 4 is 44.6 Å². The van der Waals surface area contributed by atoms with Gasteiger partial charge in [0.05, 0.1) is 0 Å². The summed E-state index contributed by atoms with van der Waals surface area (Å²) in [6.07, 6.45) is 1.90. The smallest absolute Gasteiger partial charge is 0.135 e. The Morgan fingerprint density at radius 2 is 1.11 bits per heavy atom. The first-order chi connectivity index (χ1) is 31.2. The van der Waals surface area contributed by atoms with E-state index in [9.17, 15) is 0 Å². The number of benzene rings is 7. The van der Waals surface area contributed by atoms with E-state index in [-0.39, 0.29) is 37.3 Å². The summed E-state index contributed by atoms with van der Waals surface area (Å²) >= 11 is 0. The number of aryl methyl sites for hydroxylation is 2. The SMILES string of the molecule is Cc1cc2c(cc1C)N(c1cc(C(C)(C)c3ccccc3)cc(C(C)(C)c3ccccc3)c1)[CH-]N2c1[c-]c(Oc2[c-]c3c(cc2)c2ccccc2n3-c2cc(C(C)(C)C)ccn2)ccc1.[Pt]. The van der Waals surface area contributed by atoms with Crippen molar-refractivity contribution in [3.63, 3.8) is 0 Å². The molecule has 6 heteroatoms. The first kappa shape index (κ1) is 44.8. The van der Waals surface area contributed by atoms with E-state index in [1.54, 1.807) is 0 Å². The second-order valence-electron chi connectivity index (χ2n) is 19.6. The predicted octanol–water partition coefficient (Wildman–Crippen LogP) is 15.5. The fourth-order valence-corrected chi connectivity index (χ4v) is 9.26. The van der Waals surface area contributed by atoms with E-state index in [0.717, 1.165) is 50.4 Å². The minimum atomic E-state index is -0.259. The van der Waals surface area contributed by atoms with Crippen molar-refractivity contribution in [3.8, 4) is 17.3 Å². The molecular formula is C60H55N4OPt-3. The zero-order valence-electron chi connectivity index (χ0n) is 39.2. The number of hydrogen-bond acceptors (Lipinski definition) is 4. The van der Waals surface area contributed by atoms with Crippen LogP contribution >= 0.6 is 0 Å². The van der Waals surface area contributed by atoms with Gasteiger partial charge in [-0.15, -0.1) is 48.1 Å². The zero-order valence-corrected chi connectivity index (χ0v) is 41.5. The number of rotatable bonds is 9. The van der Waals surface area contributed by atoms with Crippen LogP contribution in [0.25, 0.3) is 27.6 Å². The van der Waals surface area contributed by atoms with Crippen molar-refractivity contribution in [2.75, 3.05) is 9.80 Å². The van der Waals surface area contributed by atoms with Gasteiger partial charge in [-0.05, 0) is 106 Å². The molecule has 0 N–H and O–H groups in total. The van der Waals surface area contributed by atoms with Crippen molar-refractivity contribution in [2.45, 2.75) is 78.6 Å². The van der Waals surface area contributed by atoms with Crippen LogP contribution < -0.4 is 14.5 Å². The van der Waals surface area contributed by atoms with E-state index in [0.29, 0.717) is 11.5 Å². The largest absolute Gasteiger partial charge is 0.509 e. The molecule has 0 bridgehead atoms. The van der Waals surface area contributed by atoms with Gasteiger partial charge < -0.3 is 19.1 Å². The standard InChI is InChI=1S/C60H55N4O.Pt/c1-40-31-55-56(32-41(40)2)63(48-34-45(59(6,7)42-19-12-10-13-20-42)33-46(35-48)60(8,9)43-21-14-11-15-22-43)39-62(55)47-23-18-24-49(37-47)65-50-27-28-52-51-25-16-17-26-53(51)64(54(52)38-50)57-36-44(29-30-61-57)58(3,4)5;/h10-36,39H,1-9H3;/q-3;. The summed E-state index contributed by atoms with van der Waals surface area (Å²) in [5.41, 5.74) is 14.3. The molecule has 0 spiro atoms. The molecule has 1 aliphatic heterocycles. The molecule has 334 valence electrons. The molecule has 0 fully saturated rings. The fourth-order valence-electron chi connectivity index (χ4n) is 9.26. The van der Waals surface area contributed by atoms with Crippen LogP contribution in [0.2, 0.25) is 0 Å². The molecule has 5 nitrogen and oxygen atoms in total. The average Bonchev–Trinajstić information content (AvgIpc) is 3.84. The second-order valence-corrected chi connectivity index (χ2v) is 19.6. The zero-order chi connectivity index (χ0) is 45.3. The van der Waals surface area contributed by atoms with Crippen molar-refractivity contribution in [1.82, 2.24) is 9.55 Å². The van der Waals surface area contributed by atoms with Crippen LogP contribution in [0.5, 0.6) is 11.5 Å². The number of nitrogens with zero attached hydrogens (tertiary/aromatic N) is 4. The number of ether oxygens (including phenoxy) is 1. The maximum atomic E-state index is 6.69. The third-order valence-electron chi connectivity index (χ3n) is 13.6. The molecule has 7 aromatic carbocycles. The summed E-state index contributed by atoms with van der Waals surface area (Å²) in [6.45, 7) is 22.6. The van der Waals surface area contributed by atoms with Crippen LogP contribution in [0.3, 0.4) is 0 Å². The predicted molar refractivity (Wildman–Crippen MR) is 270 cm³/mol. The molecule has 0 atom stereocenters. The maximum Gasteiger partial charge on any atom is 0.135 e. The van der Waals surface area contributed by atoms with E-state index in [2.05, 4.69) is 235 Å². The van der Waals surface area contributed by atoms with Gasteiger partial charge in [0.15, 0.2) is 0 Å². The minimum absolute atomic E-state index is 0. The van der Waals surface area contributed by atoms with Crippen LogP contribution in [0, 0.1) is 32.6 Å². The van der Waals surface area contributed by atoms with Gasteiger partial charge in [-0.2, -0.15) is 12.1 Å². The second kappa shape index (κ2) is 17.1. The topological polar surface area (TPSA) is 33.5 Å². The summed E-state index contributed by atoms with van der Waals surface area (Å²) in [4.78, 5) is 9.46. The molecule has 10 rings (SSSR count). The molecule has 3 heterocycles. The Bertz CT molecular complexity index is 3170. The Morgan fingerprint density at radius 3 is 1.74 bits per heavy atom. The third kappa shape index (κ3) is 8.02. The minimum Gasteiger partial charge on any atom is -0.509 e. The van der Waals surface area contributed by atoms with E-state index in [4.69, 9.17) is 9.72 Å². The third-order valence-corrected chi connectivity index (χ3v) is 13.6. The van der Waals surface area contributed by atoms with Gasteiger partial charge in [0.1, 0.15) is 5.82 Å². The number of fused-ring (bicyclic) bond motifs is 4. The normalized spacial score (nSPS) is 13.0. The Labute approximate surface area is 405 Å². The number of para-hydroxylation sites is 1. The van der Waals surface area contributed by atoms with Gasteiger partial charge in [-0.3, -0.25) is 0 Å². The molecule has 0 radical (unpaired) electrons. The molecule has 0 aliphatic carbocycles. The number of aromatic nitrogens is 2. The van der Waals surface area contributed by atoms with Crippen LogP contribution in [0.4, 0.5) is 22.7 Å². The summed E-state index contributed by atoms with van der Waals surface area (Å²) in [5.74, 6) is 2.06. The summed E-state index contributed by atoms with van der Waals surface area (Å²) in [6, 6.07) is 63.8. The van der Waals surface area contributed by atoms with Gasteiger partial charge >= 0.3 is 0 Å². The molecule has 0 amide bonds. The van der Waals surface area contributed by atoms with E-state index in [1.807, 2.05) is 24.4 Å². The van der Waals surface area contributed by atoms with Crippen molar-refractivity contribution in [3.05, 3.63) is 222 Å². The summed E-state index contributed by atoms with van der Waals surface area (Å²) in [5, 5.41) is 2.24. The van der Waals surface area contributed by atoms with Crippen molar-refractivity contribution in [1.29, 1.82) is 0 Å². The molecule has 2 aromatic heterocycles. The Balaban J connectivity index is 0.00000548. The molecule has 0 saturated heterocycles. The summed E-state index contributed by atoms with van der Waals surface area (Å²) in [7, 11) is 0. The van der Waals surface area contributed by atoms with Gasteiger partial charge in [0, 0.05) is 72.2 Å². The molecular weight excluding hydrogens is 988 g/mol. The van der Waals surface area contributed by atoms with Crippen LogP contribution in [0.1, 0.15) is 87.4 Å². The van der Waals surface area contributed by atoms with Crippen LogP contribution in [0.15, 0.2) is 164 Å². The van der Waals surface area contributed by atoms with E-state index in [1.165, 1.54) is 38.9 Å². The number of hydrogen-bond donors (Lipinski definition) is 0. The monoisotopic (exact) mass is 1040 g/mol. The van der Waals surface area contributed by atoms with Crippen LogP contribution in [-0.2, 0) is 37.3 Å².